The fourth-order valence-electron chi connectivity index (χ4n) is 1.17. The van der Waals surface area contributed by atoms with Gasteiger partial charge in [-0.25, -0.2) is 4.98 Å². The summed E-state index contributed by atoms with van der Waals surface area (Å²) < 4.78 is 4.91. The molecule has 6 nitrogen and oxygen atoms in total. The third-order valence-electron chi connectivity index (χ3n) is 2.11. The first-order valence-electron chi connectivity index (χ1n) is 5.32. The molecule has 96 valence electrons. The zero-order chi connectivity index (χ0) is 12.7. The number of rotatable bonds is 7. The Morgan fingerprint density at radius 2 is 2.35 bits per heavy atom. The number of H-pyrrole nitrogens is 1. The minimum atomic E-state index is 0.0774. The van der Waals surface area contributed by atoms with Crippen LogP contribution < -0.4 is 0 Å². The third kappa shape index (κ3) is 5.18. The lowest BCUT2D eigenvalue weighted by molar-refractivity contribution is -0.127. The molecule has 0 fully saturated rings. The minimum absolute atomic E-state index is 0.0774. The zero-order valence-corrected chi connectivity index (χ0v) is 11.2. The van der Waals surface area contributed by atoms with Crippen LogP contribution in [0.25, 0.3) is 0 Å². The smallest absolute Gasteiger partial charge is 0.232 e. The molecule has 1 heterocycles. The first-order chi connectivity index (χ1) is 8.13. The lowest BCUT2D eigenvalue weighted by Gasteiger charge is -2.14. The van der Waals surface area contributed by atoms with Crippen LogP contribution in [0.5, 0.6) is 0 Å². The molecule has 0 radical (unpaired) electrons. The number of aromatic amines is 1. The Hall–Kier alpha value is -1.08. The summed E-state index contributed by atoms with van der Waals surface area (Å²) in [5, 5.41) is 6.74. The van der Waals surface area contributed by atoms with Crippen LogP contribution in [0.3, 0.4) is 0 Å². The summed E-state index contributed by atoms with van der Waals surface area (Å²) >= 11 is 1.57. The van der Waals surface area contributed by atoms with Crippen molar-refractivity contribution in [2.24, 2.45) is 0 Å². The molecule has 0 aliphatic carbocycles. The van der Waals surface area contributed by atoms with Crippen LogP contribution in [0.15, 0.2) is 0 Å². The first kappa shape index (κ1) is 14.0. The predicted octanol–water partition coefficient (Wildman–Crippen LogP) is 0.451. The van der Waals surface area contributed by atoms with Crippen molar-refractivity contribution in [2.45, 2.75) is 13.5 Å². The molecule has 0 atom stereocenters. The highest BCUT2D eigenvalue weighted by molar-refractivity contribution is 7.99. The van der Waals surface area contributed by atoms with E-state index in [1.165, 1.54) is 0 Å². The number of thioether (sulfide) groups is 1. The van der Waals surface area contributed by atoms with Crippen molar-refractivity contribution < 1.29 is 9.53 Å². The van der Waals surface area contributed by atoms with E-state index in [2.05, 4.69) is 15.2 Å². The lowest BCUT2D eigenvalue weighted by atomic mass is 10.5. The van der Waals surface area contributed by atoms with Gasteiger partial charge in [-0.1, -0.05) is 0 Å². The standard InChI is InChI=1S/C10H18N4O2S/c1-8-11-9(13-12-8)6-14(2)10(15)7-17-5-4-16-3/h4-7H2,1-3H3,(H,11,12,13). The van der Waals surface area contributed by atoms with Crippen LogP contribution in [-0.4, -0.2) is 58.3 Å². The SMILES string of the molecule is COCCSCC(=O)N(C)Cc1n[nH]c(C)n1. The number of aryl methyl sites for hydroxylation is 1. The van der Waals surface area contributed by atoms with Gasteiger partial charge < -0.3 is 9.64 Å². The van der Waals surface area contributed by atoms with E-state index in [4.69, 9.17) is 4.74 Å². The molecule has 1 N–H and O–H groups in total. The fourth-order valence-corrected chi connectivity index (χ4v) is 2.00. The van der Waals surface area contributed by atoms with Gasteiger partial charge in [0.25, 0.3) is 0 Å². The molecule has 1 rings (SSSR count). The zero-order valence-electron chi connectivity index (χ0n) is 10.4. The summed E-state index contributed by atoms with van der Waals surface area (Å²) in [6.45, 7) is 2.94. The van der Waals surface area contributed by atoms with E-state index in [-0.39, 0.29) is 5.91 Å². The Labute approximate surface area is 105 Å². The van der Waals surface area contributed by atoms with Crippen molar-refractivity contribution in [3.05, 3.63) is 11.6 Å². The number of hydrogen-bond donors (Lipinski definition) is 1. The maximum Gasteiger partial charge on any atom is 0.232 e. The van der Waals surface area contributed by atoms with Gasteiger partial charge >= 0.3 is 0 Å². The van der Waals surface area contributed by atoms with E-state index in [1.807, 2.05) is 6.92 Å². The summed E-state index contributed by atoms with van der Waals surface area (Å²) in [5.74, 6) is 2.77. The van der Waals surface area contributed by atoms with Crippen molar-refractivity contribution >= 4 is 17.7 Å². The highest BCUT2D eigenvalue weighted by atomic mass is 32.2. The Morgan fingerprint density at radius 3 is 2.94 bits per heavy atom. The summed E-state index contributed by atoms with van der Waals surface area (Å²) in [4.78, 5) is 17.5. The molecule has 0 aliphatic rings. The Kier molecular flexibility index (Phi) is 5.99. The van der Waals surface area contributed by atoms with Crippen LogP contribution in [0, 0.1) is 6.92 Å². The summed E-state index contributed by atoms with van der Waals surface area (Å²) in [7, 11) is 3.41. The second kappa shape index (κ2) is 7.29. The molecule has 1 aromatic heterocycles. The number of methoxy groups -OCH3 is 1. The summed E-state index contributed by atoms with van der Waals surface area (Å²) in [6.07, 6.45) is 0. The van der Waals surface area contributed by atoms with Crippen LogP contribution in [0.4, 0.5) is 0 Å². The van der Waals surface area contributed by atoms with Crippen LogP contribution in [0.1, 0.15) is 11.6 Å². The molecule has 0 saturated heterocycles. The number of nitrogens with one attached hydrogen (secondary N) is 1. The third-order valence-corrected chi connectivity index (χ3v) is 3.01. The number of aromatic nitrogens is 3. The maximum absolute atomic E-state index is 11.7. The highest BCUT2D eigenvalue weighted by Crippen LogP contribution is 2.04. The second-order valence-corrected chi connectivity index (χ2v) is 4.74. The lowest BCUT2D eigenvalue weighted by Crippen LogP contribution is -2.28. The minimum Gasteiger partial charge on any atom is -0.384 e. The molecule has 0 bridgehead atoms. The first-order valence-corrected chi connectivity index (χ1v) is 6.47. The van der Waals surface area contributed by atoms with Crippen molar-refractivity contribution in [3.63, 3.8) is 0 Å². The van der Waals surface area contributed by atoms with E-state index < -0.39 is 0 Å². The van der Waals surface area contributed by atoms with E-state index in [0.717, 1.165) is 11.6 Å². The number of hydrogen-bond acceptors (Lipinski definition) is 5. The number of carbonyl (C=O) groups is 1. The van der Waals surface area contributed by atoms with Crippen LogP contribution >= 0.6 is 11.8 Å². The van der Waals surface area contributed by atoms with Gasteiger partial charge in [-0.15, -0.1) is 11.8 Å². The Morgan fingerprint density at radius 1 is 1.59 bits per heavy atom. The topological polar surface area (TPSA) is 71.1 Å². The molecule has 0 spiro atoms. The molecular formula is C10H18N4O2S. The monoisotopic (exact) mass is 258 g/mol. The van der Waals surface area contributed by atoms with Crippen molar-refractivity contribution in [1.82, 2.24) is 20.1 Å². The number of nitrogens with zero attached hydrogens (tertiary/aromatic N) is 3. The molecule has 1 amide bonds. The fraction of sp³-hybridized carbons (Fsp3) is 0.700. The highest BCUT2D eigenvalue weighted by Gasteiger charge is 2.11. The van der Waals surface area contributed by atoms with Gasteiger partial charge in [-0.3, -0.25) is 9.89 Å². The van der Waals surface area contributed by atoms with E-state index in [1.54, 1.807) is 30.8 Å². The molecule has 17 heavy (non-hydrogen) atoms. The van der Waals surface area contributed by atoms with Crippen molar-refractivity contribution in [3.8, 4) is 0 Å². The van der Waals surface area contributed by atoms with E-state index >= 15 is 0 Å². The van der Waals surface area contributed by atoms with Crippen molar-refractivity contribution in [2.75, 3.05) is 32.3 Å². The van der Waals surface area contributed by atoms with E-state index in [9.17, 15) is 4.79 Å². The van der Waals surface area contributed by atoms with Gasteiger partial charge in [0.1, 0.15) is 5.82 Å². The molecule has 0 aromatic carbocycles. The largest absolute Gasteiger partial charge is 0.384 e. The normalized spacial score (nSPS) is 10.5. The number of amides is 1. The van der Waals surface area contributed by atoms with Gasteiger partial charge in [0.2, 0.25) is 5.91 Å². The summed E-state index contributed by atoms with van der Waals surface area (Å²) in [6, 6.07) is 0. The number of carbonyl (C=O) groups excluding carboxylic acids is 1. The molecular weight excluding hydrogens is 240 g/mol. The van der Waals surface area contributed by atoms with E-state index in [0.29, 0.717) is 24.7 Å². The van der Waals surface area contributed by atoms with Gasteiger partial charge in [0.15, 0.2) is 5.82 Å². The number of ether oxygens (including phenoxy) is 1. The van der Waals surface area contributed by atoms with Gasteiger partial charge in [-0.2, -0.15) is 5.10 Å². The molecule has 0 saturated carbocycles. The van der Waals surface area contributed by atoms with Crippen LogP contribution in [-0.2, 0) is 16.1 Å². The maximum atomic E-state index is 11.7. The second-order valence-electron chi connectivity index (χ2n) is 3.63. The predicted molar refractivity (Wildman–Crippen MR) is 66.8 cm³/mol. The molecule has 0 aliphatic heterocycles. The average molecular weight is 258 g/mol. The average Bonchev–Trinajstić information content (AvgIpc) is 2.70. The van der Waals surface area contributed by atoms with Gasteiger partial charge in [0, 0.05) is 19.9 Å². The van der Waals surface area contributed by atoms with Gasteiger partial charge in [-0.05, 0) is 6.92 Å². The van der Waals surface area contributed by atoms with Gasteiger partial charge in [0.05, 0.1) is 18.9 Å². The van der Waals surface area contributed by atoms with Crippen molar-refractivity contribution in [1.29, 1.82) is 0 Å². The summed E-state index contributed by atoms with van der Waals surface area (Å²) in [5.41, 5.74) is 0. The molecule has 1 aromatic rings. The van der Waals surface area contributed by atoms with Crippen LogP contribution in [0.2, 0.25) is 0 Å². The molecule has 0 unspecified atom stereocenters. The molecule has 7 heteroatoms. The Bertz CT molecular complexity index is 356. The Balaban J connectivity index is 2.27. The quantitative estimate of drug-likeness (QED) is 0.719.